The SMILES string of the molecule is C[C@@H](C(=O)Nc1ccc(F)c(F)c1F)N1CCN(S(=O)(=O)/C=C/c2ccccc2)CC1. The lowest BCUT2D eigenvalue weighted by molar-refractivity contribution is -0.121. The molecule has 0 bridgehead atoms. The van der Waals surface area contributed by atoms with E-state index < -0.39 is 45.1 Å². The minimum absolute atomic E-state index is 0.179. The van der Waals surface area contributed by atoms with Crippen LogP contribution in [0.1, 0.15) is 12.5 Å². The first-order chi connectivity index (χ1) is 14.7. The Morgan fingerprint density at radius 2 is 1.65 bits per heavy atom. The van der Waals surface area contributed by atoms with Gasteiger partial charge in [-0.05, 0) is 30.7 Å². The number of hydrogen-bond acceptors (Lipinski definition) is 4. The quantitative estimate of drug-likeness (QED) is 0.683. The Labute approximate surface area is 179 Å². The van der Waals surface area contributed by atoms with Crippen LogP contribution in [0.4, 0.5) is 18.9 Å². The smallest absolute Gasteiger partial charge is 0.241 e. The first-order valence-corrected chi connectivity index (χ1v) is 11.1. The number of nitrogens with zero attached hydrogens (tertiary/aromatic N) is 2. The maximum atomic E-state index is 13.8. The summed E-state index contributed by atoms with van der Waals surface area (Å²) in [6.07, 6.45) is 1.52. The highest BCUT2D eigenvalue weighted by molar-refractivity contribution is 7.92. The molecule has 166 valence electrons. The summed E-state index contributed by atoms with van der Waals surface area (Å²) < 4.78 is 66.6. The fourth-order valence-corrected chi connectivity index (χ4v) is 4.36. The van der Waals surface area contributed by atoms with Crippen LogP contribution in [0, 0.1) is 17.5 Å². The van der Waals surface area contributed by atoms with Gasteiger partial charge in [0.2, 0.25) is 15.9 Å². The van der Waals surface area contributed by atoms with E-state index in [4.69, 9.17) is 0 Å². The second kappa shape index (κ2) is 9.63. The Morgan fingerprint density at radius 3 is 2.29 bits per heavy atom. The molecule has 0 spiro atoms. The summed E-state index contributed by atoms with van der Waals surface area (Å²) in [5.74, 6) is -5.08. The van der Waals surface area contributed by atoms with Crippen molar-refractivity contribution in [2.75, 3.05) is 31.5 Å². The number of sulfonamides is 1. The molecule has 0 aromatic heterocycles. The fraction of sp³-hybridized carbons (Fsp3) is 0.286. The molecule has 0 saturated carbocycles. The molecular weight excluding hydrogens is 431 g/mol. The number of carbonyl (C=O) groups excluding carboxylic acids is 1. The molecule has 1 saturated heterocycles. The highest BCUT2D eigenvalue weighted by Crippen LogP contribution is 2.20. The molecule has 0 aliphatic carbocycles. The van der Waals surface area contributed by atoms with Crippen molar-refractivity contribution in [1.82, 2.24) is 9.21 Å². The van der Waals surface area contributed by atoms with Gasteiger partial charge in [0.25, 0.3) is 0 Å². The van der Waals surface area contributed by atoms with Crippen LogP contribution in [0.5, 0.6) is 0 Å². The molecule has 1 atom stereocenters. The first kappa shape index (κ1) is 23.0. The van der Waals surface area contributed by atoms with Crippen LogP contribution in [0.15, 0.2) is 47.9 Å². The average molecular weight is 453 g/mol. The summed E-state index contributed by atoms with van der Waals surface area (Å²) in [5.41, 5.74) is 0.308. The molecule has 2 aromatic carbocycles. The lowest BCUT2D eigenvalue weighted by Crippen LogP contribution is -2.53. The molecule has 1 N–H and O–H groups in total. The van der Waals surface area contributed by atoms with Gasteiger partial charge in [0, 0.05) is 31.6 Å². The summed E-state index contributed by atoms with van der Waals surface area (Å²) in [7, 11) is -3.62. The van der Waals surface area contributed by atoms with Crippen LogP contribution >= 0.6 is 0 Å². The average Bonchev–Trinajstić information content (AvgIpc) is 2.78. The van der Waals surface area contributed by atoms with E-state index >= 15 is 0 Å². The van der Waals surface area contributed by atoms with Gasteiger partial charge in [0.05, 0.1) is 11.7 Å². The number of anilines is 1. The van der Waals surface area contributed by atoms with E-state index in [-0.39, 0.29) is 26.2 Å². The monoisotopic (exact) mass is 453 g/mol. The van der Waals surface area contributed by atoms with Crippen molar-refractivity contribution in [3.05, 3.63) is 70.9 Å². The third-order valence-electron chi connectivity index (χ3n) is 5.09. The number of benzene rings is 2. The number of piperazine rings is 1. The zero-order chi connectivity index (χ0) is 22.6. The predicted octanol–water partition coefficient (Wildman–Crippen LogP) is 3.05. The van der Waals surface area contributed by atoms with Crippen LogP contribution in [0.2, 0.25) is 0 Å². The van der Waals surface area contributed by atoms with Gasteiger partial charge in [-0.25, -0.2) is 21.6 Å². The van der Waals surface area contributed by atoms with Crippen molar-refractivity contribution < 1.29 is 26.4 Å². The number of hydrogen-bond donors (Lipinski definition) is 1. The second-order valence-corrected chi connectivity index (χ2v) is 8.90. The van der Waals surface area contributed by atoms with E-state index in [0.29, 0.717) is 0 Å². The van der Waals surface area contributed by atoms with Crippen LogP contribution in [0.3, 0.4) is 0 Å². The molecule has 31 heavy (non-hydrogen) atoms. The molecule has 6 nitrogen and oxygen atoms in total. The molecule has 1 amide bonds. The van der Waals surface area contributed by atoms with E-state index in [2.05, 4.69) is 5.32 Å². The molecule has 1 heterocycles. The van der Waals surface area contributed by atoms with E-state index in [0.717, 1.165) is 23.1 Å². The van der Waals surface area contributed by atoms with Crippen LogP contribution in [-0.4, -0.2) is 55.8 Å². The number of amides is 1. The second-order valence-electron chi connectivity index (χ2n) is 7.08. The summed E-state index contributed by atoms with van der Waals surface area (Å²) in [5, 5.41) is 3.40. The molecule has 1 aliphatic heterocycles. The molecule has 1 fully saturated rings. The van der Waals surface area contributed by atoms with Crippen molar-refractivity contribution in [2.45, 2.75) is 13.0 Å². The van der Waals surface area contributed by atoms with E-state index in [1.807, 2.05) is 18.2 Å². The maximum Gasteiger partial charge on any atom is 0.241 e. The third kappa shape index (κ3) is 5.52. The number of carbonyl (C=O) groups is 1. The summed E-state index contributed by atoms with van der Waals surface area (Å²) in [6, 6.07) is 9.99. The largest absolute Gasteiger partial charge is 0.322 e. The minimum atomic E-state index is -3.62. The van der Waals surface area contributed by atoms with Crippen LogP contribution in [0.25, 0.3) is 6.08 Å². The Hall–Kier alpha value is -2.69. The van der Waals surface area contributed by atoms with E-state index in [1.54, 1.807) is 24.0 Å². The van der Waals surface area contributed by atoms with Crippen molar-refractivity contribution in [1.29, 1.82) is 0 Å². The van der Waals surface area contributed by atoms with Gasteiger partial charge in [-0.2, -0.15) is 4.31 Å². The number of halogens is 3. The van der Waals surface area contributed by atoms with Gasteiger partial charge < -0.3 is 5.32 Å². The highest BCUT2D eigenvalue weighted by atomic mass is 32.2. The zero-order valence-corrected chi connectivity index (χ0v) is 17.6. The normalized spacial score (nSPS) is 17.0. The Bertz CT molecular complexity index is 1070. The van der Waals surface area contributed by atoms with E-state index in [9.17, 15) is 26.4 Å². The van der Waals surface area contributed by atoms with Gasteiger partial charge in [-0.15, -0.1) is 0 Å². The number of rotatable bonds is 6. The Balaban J connectivity index is 1.58. The molecule has 3 rings (SSSR count). The standard InChI is InChI=1S/C21H22F3N3O3S/c1-15(21(28)25-18-8-7-17(22)19(23)20(18)24)26-10-12-27(13-11-26)31(29,30)14-9-16-5-3-2-4-6-16/h2-9,14-15H,10-13H2,1H3,(H,25,28)/b14-9+/t15-/m0/s1. The van der Waals surface area contributed by atoms with Crippen molar-refractivity contribution in [3.8, 4) is 0 Å². The van der Waals surface area contributed by atoms with Gasteiger partial charge >= 0.3 is 0 Å². The van der Waals surface area contributed by atoms with Gasteiger partial charge in [0.15, 0.2) is 17.5 Å². The molecule has 0 radical (unpaired) electrons. The lowest BCUT2D eigenvalue weighted by Gasteiger charge is -2.36. The van der Waals surface area contributed by atoms with Crippen LogP contribution < -0.4 is 5.32 Å². The molecule has 0 unspecified atom stereocenters. The third-order valence-corrected chi connectivity index (χ3v) is 6.65. The van der Waals surface area contributed by atoms with Crippen molar-refractivity contribution in [3.63, 3.8) is 0 Å². The first-order valence-electron chi connectivity index (χ1n) is 9.61. The Kier molecular flexibility index (Phi) is 7.14. The predicted molar refractivity (Wildman–Crippen MR) is 112 cm³/mol. The zero-order valence-electron chi connectivity index (χ0n) is 16.8. The molecular formula is C21H22F3N3O3S. The van der Waals surface area contributed by atoms with Gasteiger partial charge in [-0.1, -0.05) is 30.3 Å². The summed E-state index contributed by atoms with van der Waals surface area (Å²) in [6.45, 7) is 2.50. The molecule has 10 heteroatoms. The van der Waals surface area contributed by atoms with Gasteiger partial charge in [0.1, 0.15) is 0 Å². The highest BCUT2D eigenvalue weighted by Gasteiger charge is 2.30. The maximum absolute atomic E-state index is 13.8. The minimum Gasteiger partial charge on any atom is -0.322 e. The summed E-state index contributed by atoms with van der Waals surface area (Å²) >= 11 is 0. The van der Waals surface area contributed by atoms with Crippen LogP contribution in [-0.2, 0) is 14.8 Å². The van der Waals surface area contributed by atoms with Crippen molar-refractivity contribution >= 4 is 27.7 Å². The number of nitrogens with one attached hydrogen (secondary N) is 1. The molecule has 2 aromatic rings. The Morgan fingerprint density at radius 1 is 1.00 bits per heavy atom. The fourth-order valence-electron chi connectivity index (χ4n) is 3.19. The topological polar surface area (TPSA) is 69.7 Å². The van der Waals surface area contributed by atoms with Gasteiger partial charge in [-0.3, -0.25) is 9.69 Å². The van der Waals surface area contributed by atoms with Crippen molar-refractivity contribution in [2.24, 2.45) is 0 Å². The molecule has 1 aliphatic rings. The van der Waals surface area contributed by atoms with E-state index in [1.165, 1.54) is 10.4 Å². The summed E-state index contributed by atoms with van der Waals surface area (Å²) in [4.78, 5) is 14.2. The lowest BCUT2D eigenvalue weighted by atomic mass is 10.2.